The van der Waals surface area contributed by atoms with Crippen LogP contribution < -0.4 is 15.9 Å². The lowest BCUT2D eigenvalue weighted by Crippen LogP contribution is -2.24. The van der Waals surface area contributed by atoms with E-state index in [9.17, 15) is 9.59 Å². The third-order valence-corrected chi connectivity index (χ3v) is 4.40. The Hall–Kier alpha value is -3.37. The standard InChI is InChI=1S/C20H17ClN4O3/c1-3-17-14(4-5-18(26)24-17)10-25-11-23-12(2)19(20(25)27)28-16-7-13(9-22)6-15(21)8-16/h4-8,11H,3,10H2,1-2H3,(H,24,26). The highest BCUT2D eigenvalue weighted by molar-refractivity contribution is 6.30. The van der Waals surface area contributed by atoms with Gasteiger partial charge in [-0.1, -0.05) is 24.6 Å². The SMILES string of the molecule is CCc1[nH]c(=O)ccc1Cn1cnc(C)c(Oc2cc(Cl)cc(C#N)c2)c1=O. The Balaban J connectivity index is 2.00. The number of aryl methyl sites for hydroxylation is 2. The number of halogens is 1. The average molecular weight is 397 g/mol. The first kappa shape index (κ1) is 19.4. The van der Waals surface area contributed by atoms with E-state index >= 15 is 0 Å². The van der Waals surface area contributed by atoms with Crippen molar-refractivity contribution >= 4 is 11.6 Å². The second-order valence-corrected chi connectivity index (χ2v) is 6.60. The van der Waals surface area contributed by atoms with Crippen LogP contribution in [-0.4, -0.2) is 14.5 Å². The minimum absolute atomic E-state index is 0.0520. The molecule has 0 amide bonds. The van der Waals surface area contributed by atoms with Gasteiger partial charge in [-0.25, -0.2) is 4.98 Å². The van der Waals surface area contributed by atoms with Crippen LogP contribution in [0.15, 0.2) is 46.2 Å². The Morgan fingerprint density at radius 1 is 1.29 bits per heavy atom. The van der Waals surface area contributed by atoms with Gasteiger partial charge in [-0.3, -0.25) is 14.2 Å². The molecule has 0 aliphatic heterocycles. The highest BCUT2D eigenvalue weighted by Crippen LogP contribution is 2.25. The number of aromatic amines is 1. The Labute approximate surface area is 165 Å². The molecule has 1 aromatic carbocycles. The van der Waals surface area contributed by atoms with E-state index in [1.165, 1.54) is 35.2 Å². The van der Waals surface area contributed by atoms with Gasteiger partial charge >= 0.3 is 0 Å². The number of benzene rings is 1. The molecule has 0 atom stereocenters. The molecule has 0 aliphatic carbocycles. The quantitative estimate of drug-likeness (QED) is 0.713. The lowest BCUT2D eigenvalue weighted by Gasteiger charge is -2.13. The topological polar surface area (TPSA) is 101 Å². The van der Waals surface area contributed by atoms with Gasteiger partial charge in [0, 0.05) is 16.8 Å². The van der Waals surface area contributed by atoms with Crippen LogP contribution in [0, 0.1) is 18.3 Å². The van der Waals surface area contributed by atoms with E-state index in [-0.39, 0.29) is 29.2 Å². The molecule has 0 spiro atoms. The van der Waals surface area contributed by atoms with Gasteiger partial charge in [0.15, 0.2) is 0 Å². The number of nitrogens with zero attached hydrogens (tertiary/aromatic N) is 3. The maximum atomic E-state index is 12.9. The summed E-state index contributed by atoms with van der Waals surface area (Å²) in [5, 5.41) is 9.40. The summed E-state index contributed by atoms with van der Waals surface area (Å²) in [6.45, 7) is 3.82. The number of rotatable bonds is 5. The molecule has 3 aromatic rings. The van der Waals surface area contributed by atoms with Crippen molar-refractivity contribution in [2.24, 2.45) is 0 Å². The summed E-state index contributed by atoms with van der Waals surface area (Å²) in [6.07, 6.45) is 2.07. The van der Waals surface area contributed by atoms with Crippen molar-refractivity contribution in [3.63, 3.8) is 0 Å². The number of pyridine rings is 1. The number of aromatic nitrogens is 3. The van der Waals surface area contributed by atoms with E-state index < -0.39 is 0 Å². The molecule has 2 heterocycles. The van der Waals surface area contributed by atoms with Crippen LogP contribution >= 0.6 is 11.6 Å². The molecule has 8 heteroatoms. The molecule has 28 heavy (non-hydrogen) atoms. The molecule has 0 saturated heterocycles. The van der Waals surface area contributed by atoms with Crippen molar-refractivity contribution in [2.45, 2.75) is 26.8 Å². The maximum Gasteiger partial charge on any atom is 0.296 e. The summed E-state index contributed by atoms with van der Waals surface area (Å²) in [6, 6.07) is 9.64. The number of nitriles is 1. The number of H-pyrrole nitrogens is 1. The smallest absolute Gasteiger partial charge is 0.296 e. The lowest BCUT2D eigenvalue weighted by atomic mass is 10.1. The second kappa shape index (κ2) is 8.11. The van der Waals surface area contributed by atoms with Crippen molar-refractivity contribution in [3.05, 3.63) is 84.9 Å². The van der Waals surface area contributed by atoms with Gasteiger partial charge < -0.3 is 9.72 Å². The van der Waals surface area contributed by atoms with Crippen molar-refractivity contribution in [3.8, 4) is 17.6 Å². The first-order valence-electron chi connectivity index (χ1n) is 8.57. The van der Waals surface area contributed by atoms with E-state index in [4.69, 9.17) is 21.6 Å². The highest BCUT2D eigenvalue weighted by Gasteiger charge is 2.14. The van der Waals surface area contributed by atoms with Gasteiger partial charge in [0.05, 0.1) is 30.2 Å². The van der Waals surface area contributed by atoms with Crippen LogP contribution in [0.4, 0.5) is 0 Å². The minimum atomic E-state index is -0.376. The molecule has 0 fully saturated rings. The van der Waals surface area contributed by atoms with Crippen molar-refractivity contribution in [1.29, 1.82) is 5.26 Å². The fraction of sp³-hybridized carbons (Fsp3) is 0.200. The third kappa shape index (κ3) is 4.13. The Bertz CT molecular complexity index is 1190. The largest absolute Gasteiger partial charge is 0.450 e. The van der Waals surface area contributed by atoms with Gasteiger partial charge in [-0.2, -0.15) is 5.26 Å². The Morgan fingerprint density at radius 3 is 2.79 bits per heavy atom. The van der Waals surface area contributed by atoms with E-state index in [1.54, 1.807) is 13.0 Å². The predicted octanol–water partition coefficient (Wildman–Crippen LogP) is 3.17. The molecule has 3 rings (SSSR count). The highest BCUT2D eigenvalue weighted by atomic mass is 35.5. The van der Waals surface area contributed by atoms with Gasteiger partial charge in [0.25, 0.3) is 5.56 Å². The van der Waals surface area contributed by atoms with Gasteiger partial charge in [0.2, 0.25) is 11.3 Å². The van der Waals surface area contributed by atoms with Crippen molar-refractivity contribution in [1.82, 2.24) is 14.5 Å². The summed E-state index contributed by atoms with van der Waals surface area (Å²) in [5.41, 5.74) is 1.75. The second-order valence-electron chi connectivity index (χ2n) is 6.16. The van der Waals surface area contributed by atoms with Crippen LogP contribution in [-0.2, 0) is 13.0 Å². The zero-order valence-electron chi connectivity index (χ0n) is 15.3. The van der Waals surface area contributed by atoms with E-state index in [2.05, 4.69) is 9.97 Å². The maximum absolute atomic E-state index is 12.9. The molecule has 0 unspecified atom stereocenters. The van der Waals surface area contributed by atoms with Crippen LogP contribution in [0.25, 0.3) is 0 Å². The van der Waals surface area contributed by atoms with Crippen LogP contribution in [0.1, 0.15) is 29.4 Å². The van der Waals surface area contributed by atoms with Gasteiger partial charge in [-0.15, -0.1) is 0 Å². The zero-order valence-corrected chi connectivity index (χ0v) is 16.1. The van der Waals surface area contributed by atoms with Crippen molar-refractivity contribution in [2.75, 3.05) is 0 Å². The molecule has 1 N–H and O–H groups in total. The zero-order chi connectivity index (χ0) is 20.3. The first-order chi connectivity index (χ1) is 13.4. The number of ether oxygens (including phenoxy) is 1. The molecule has 7 nitrogen and oxygen atoms in total. The molecule has 0 radical (unpaired) electrons. The fourth-order valence-electron chi connectivity index (χ4n) is 2.78. The first-order valence-corrected chi connectivity index (χ1v) is 8.94. The van der Waals surface area contributed by atoms with E-state index in [0.717, 1.165) is 11.3 Å². The molecular formula is C20H17ClN4O3. The van der Waals surface area contributed by atoms with Crippen LogP contribution in [0.5, 0.6) is 11.5 Å². The van der Waals surface area contributed by atoms with Crippen molar-refractivity contribution < 1.29 is 4.74 Å². The fourth-order valence-corrected chi connectivity index (χ4v) is 3.01. The number of hydrogen-bond donors (Lipinski definition) is 1. The van der Waals surface area contributed by atoms with Gasteiger partial charge in [-0.05, 0) is 37.1 Å². The van der Waals surface area contributed by atoms with E-state index in [1.807, 2.05) is 13.0 Å². The Morgan fingerprint density at radius 2 is 2.07 bits per heavy atom. The number of nitrogens with one attached hydrogen (secondary N) is 1. The third-order valence-electron chi connectivity index (χ3n) is 4.19. The minimum Gasteiger partial charge on any atom is -0.450 e. The summed E-state index contributed by atoms with van der Waals surface area (Å²) in [5.74, 6) is 0.332. The summed E-state index contributed by atoms with van der Waals surface area (Å²) in [4.78, 5) is 31.5. The number of hydrogen-bond acceptors (Lipinski definition) is 5. The molecule has 142 valence electrons. The van der Waals surface area contributed by atoms with Crippen LogP contribution in [0.2, 0.25) is 5.02 Å². The monoisotopic (exact) mass is 396 g/mol. The lowest BCUT2D eigenvalue weighted by molar-refractivity contribution is 0.458. The molecule has 0 bridgehead atoms. The van der Waals surface area contributed by atoms with Gasteiger partial charge in [0.1, 0.15) is 5.75 Å². The average Bonchev–Trinajstić information content (AvgIpc) is 2.68. The molecule has 0 aliphatic rings. The van der Waals surface area contributed by atoms with E-state index in [0.29, 0.717) is 22.7 Å². The summed E-state index contributed by atoms with van der Waals surface area (Å²) >= 11 is 6.00. The molecular weight excluding hydrogens is 380 g/mol. The van der Waals surface area contributed by atoms with Crippen LogP contribution in [0.3, 0.4) is 0 Å². The summed E-state index contributed by atoms with van der Waals surface area (Å²) < 4.78 is 7.14. The molecule has 2 aromatic heterocycles. The Kier molecular flexibility index (Phi) is 5.62. The molecule has 0 saturated carbocycles. The normalized spacial score (nSPS) is 10.5. The predicted molar refractivity (Wildman–Crippen MR) is 105 cm³/mol. The summed E-state index contributed by atoms with van der Waals surface area (Å²) in [7, 11) is 0.